The Morgan fingerprint density at radius 3 is 2.18 bits per heavy atom. The van der Waals surface area contributed by atoms with E-state index in [1.807, 2.05) is 0 Å². The number of ketones is 1. The zero-order valence-corrected chi connectivity index (χ0v) is 24.0. The van der Waals surface area contributed by atoms with Gasteiger partial charge >= 0.3 is 6.61 Å². The highest BCUT2D eigenvalue weighted by Gasteiger charge is 2.47. The molecule has 44 heavy (non-hydrogen) atoms. The molecule has 4 aromatic rings. The van der Waals surface area contributed by atoms with Gasteiger partial charge in [-0.1, -0.05) is 54.6 Å². The van der Waals surface area contributed by atoms with Gasteiger partial charge < -0.3 is 26.0 Å². The second kappa shape index (κ2) is 11.8. The highest BCUT2D eigenvalue weighted by Crippen LogP contribution is 2.40. The van der Waals surface area contributed by atoms with E-state index < -0.39 is 35.8 Å². The van der Waals surface area contributed by atoms with Crippen LogP contribution in [0.3, 0.4) is 0 Å². The minimum absolute atomic E-state index is 0.131. The lowest BCUT2D eigenvalue weighted by Crippen LogP contribution is -2.62. The van der Waals surface area contributed by atoms with Crippen molar-refractivity contribution >= 4 is 45.7 Å². The Kier molecular flexibility index (Phi) is 8.16. The first-order chi connectivity index (χ1) is 20.9. The molecule has 3 amide bonds. The first-order valence-corrected chi connectivity index (χ1v) is 13.8. The van der Waals surface area contributed by atoms with E-state index in [-0.39, 0.29) is 35.9 Å². The fourth-order valence-corrected chi connectivity index (χ4v) is 5.41. The van der Waals surface area contributed by atoms with Crippen molar-refractivity contribution < 1.29 is 32.7 Å². The van der Waals surface area contributed by atoms with E-state index in [0.717, 1.165) is 5.39 Å². The van der Waals surface area contributed by atoms with Crippen LogP contribution in [0.25, 0.3) is 10.8 Å². The lowest BCUT2D eigenvalue weighted by Gasteiger charge is -2.34. The summed E-state index contributed by atoms with van der Waals surface area (Å²) in [6, 6.07) is 22.8. The Morgan fingerprint density at radius 1 is 0.932 bits per heavy atom. The van der Waals surface area contributed by atoms with Crippen LogP contribution in [0.5, 0.6) is 5.75 Å². The lowest BCUT2D eigenvalue weighted by atomic mass is 9.84. The van der Waals surface area contributed by atoms with Crippen LogP contribution in [-0.4, -0.2) is 42.2 Å². The van der Waals surface area contributed by atoms with Gasteiger partial charge in [0, 0.05) is 23.2 Å². The number of halogens is 2. The number of nitrogens with zero attached hydrogens (tertiary/aromatic N) is 2. The molecule has 4 N–H and O–H groups in total. The fraction of sp³-hybridized carbons (Fsp3) is 0.212. The average Bonchev–Trinajstić information content (AvgIpc) is 3.12. The Hall–Kier alpha value is -5.16. The van der Waals surface area contributed by atoms with E-state index in [1.165, 1.54) is 54.0 Å². The average molecular weight is 601 g/mol. The maximum Gasteiger partial charge on any atom is 0.387 e. The number of nitrogens with two attached hydrogens (primary N) is 2. The Morgan fingerprint density at radius 2 is 1.55 bits per heavy atom. The maximum atomic E-state index is 14.4. The lowest BCUT2D eigenvalue weighted by molar-refractivity contribution is -0.132. The summed E-state index contributed by atoms with van der Waals surface area (Å²) >= 11 is 0. The molecule has 1 aliphatic heterocycles. The highest BCUT2D eigenvalue weighted by molar-refractivity contribution is 6.13. The van der Waals surface area contributed by atoms with E-state index in [0.29, 0.717) is 22.2 Å². The summed E-state index contributed by atoms with van der Waals surface area (Å²) in [5.74, 6) is -3.75. The van der Waals surface area contributed by atoms with Crippen LogP contribution in [0.2, 0.25) is 0 Å². The van der Waals surface area contributed by atoms with Gasteiger partial charge in [-0.3, -0.25) is 19.2 Å². The van der Waals surface area contributed by atoms with Gasteiger partial charge in [-0.05, 0) is 55.0 Å². The summed E-state index contributed by atoms with van der Waals surface area (Å²) in [5.41, 5.74) is 11.7. The number of primary amides is 1. The Labute approximate surface area is 252 Å². The van der Waals surface area contributed by atoms with Gasteiger partial charge in [0.15, 0.2) is 5.78 Å². The number of rotatable bonds is 8. The van der Waals surface area contributed by atoms with Crippen molar-refractivity contribution in [1.29, 1.82) is 0 Å². The van der Waals surface area contributed by atoms with Gasteiger partial charge in [0.1, 0.15) is 11.3 Å². The molecule has 4 aromatic carbocycles. The number of fused-ring (bicyclic) bond motifs is 2. The van der Waals surface area contributed by atoms with E-state index in [9.17, 15) is 28.0 Å². The number of alkyl halides is 2. The van der Waals surface area contributed by atoms with E-state index >= 15 is 0 Å². The van der Waals surface area contributed by atoms with Crippen molar-refractivity contribution in [2.75, 3.05) is 16.3 Å². The molecule has 5 rings (SSSR count). The quantitative estimate of drug-likeness (QED) is 0.283. The second-order valence-corrected chi connectivity index (χ2v) is 10.8. The molecule has 9 nitrogen and oxygen atoms in total. The Balaban J connectivity index is 1.69. The first kappa shape index (κ1) is 30.3. The summed E-state index contributed by atoms with van der Waals surface area (Å²) in [5, 5.41) is 1.29. The normalized spacial score (nSPS) is 16.3. The van der Waals surface area contributed by atoms with Crippen LogP contribution < -0.4 is 26.0 Å². The third kappa shape index (κ3) is 5.61. The van der Waals surface area contributed by atoms with Crippen molar-refractivity contribution in [3.8, 4) is 5.75 Å². The van der Waals surface area contributed by atoms with Crippen LogP contribution in [-0.2, 0) is 16.1 Å². The number of anilines is 2. The number of ether oxygens (including phenoxy) is 1. The molecule has 0 spiro atoms. The number of amides is 3. The molecule has 226 valence electrons. The number of para-hydroxylation sites is 2. The number of hydrogen-bond acceptors (Lipinski definition) is 6. The van der Waals surface area contributed by atoms with Crippen LogP contribution >= 0.6 is 0 Å². The minimum atomic E-state index is -3.13. The van der Waals surface area contributed by atoms with Crippen molar-refractivity contribution in [2.24, 2.45) is 17.4 Å². The molecule has 0 fully saturated rings. The van der Waals surface area contributed by atoms with E-state index in [2.05, 4.69) is 0 Å². The second-order valence-electron chi connectivity index (χ2n) is 10.8. The molecule has 0 aromatic heterocycles. The van der Waals surface area contributed by atoms with E-state index in [4.69, 9.17) is 16.2 Å². The van der Waals surface area contributed by atoms with Gasteiger partial charge in [-0.2, -0.15) is 8.78 Å². The number of Topliss-reactive ketones (excluding diaryl/α,β-unsaturated/α-hetero) is 1. The summed E-state index contributed by atoms with van der Waals surface area (Å²) in [6.45, 7) is -0.961. The summed E-state index contributed by atoms with van der Waals surface area (Å²) in [4.78, 5) is 55.5. The van der Waals surface area contributed by atoms with E-state index in [1.54, 1.807) is 54.6 Å². The predicted molar refractivity (Wildman–Crippen MR) is 162 cm³/mol. The SMILES string of the molecule is CC(=O)c1ccc(C(=O)N2C[C@@H](C(C)(N)C(N)=O)C(=O)N(Cc3c(OC(F)F)ccc4ccccc34)c3ccccc32)cc1. The van der Waals surface area contributed by atoms with Gasteiger partial charge in [-0.15, -0.1) is 0 Å². The smallest absolute Gasteiger partial charge is 0.387 e. The summed E-state index contributed by atoms with van der Waals surface area (Å²) in [7, 11) is 0. The van der Waals surface area contributed by atoms with Crippen LogP contribution in [0.4, 0.5) is 20.2 Å². The zero-order valence-electron chi connectivity index (χ0n) is 24.0. The minimum Gasteiger partial charge on any atom is -0.434 e. The molecule has 11 heteroatoms. The van der Waals surface area contributed by atoms with Crippen LogP contribution in [0, 0.1) is 5.92 Å². The molecule has 0 bridgehead atoms. The third-order valence-electron chi connectivity index (χ3n) is 7.96. The molecule has 0 aliphatic carbocycles. The number of benzene rings is 4. The molecular formula is C33H30F2N4O5. The molecule has 0 radical (unpaired) electrons. The monoisotopic (exact) mass is 600 g/mol. The molecule has 0 saturated carbocycles. The molecule has 2 atom stereocenters. The maximum absolute atomic E-state index is 14.4. The Bertz CT molecular complexity index is 1770. The third-order valence-corrected chi connectivity index (χ3v) is 7.96. The largest absolute Gasteiger partial charge is 0.434 e. The van der Waals surface area contributed by atoms with Gasteiger partial charge in [0.25, 0.3) is 5.91 Å². The number of carbonyl (C=O) groups is 4. The molecule has 1 unspecified atom stereocenters. The highest BCUT2D eigenvalue weighted by atomic mass is 19.3. The molecular weight excluding hydrogens is 570 g/mol. The van der Waals surface area contributed by atoms with Crippen LogP contribution in [0.1, 0.15) is 40.1 Å². The molecule has 0 saturated heterocycles. The van der Waals surface area contributed by atoms with Crippen molar-refractivity contribution in [3.63, 3.8) is 0 Å². The number of hydrogen-bond donors (Lipinski definition) is 2. The van der Waals surface area contributed by atoms with Gasteiger partial charge in [0.05, 0.1) is 23.8 Å². The van der Waals surface area contributed by atoms with Gasteiger partial charge in [0.2, 0.25) is 11.8 Å². The van der Waals surface area contributed by atoms with Crippen molar-refractivity contribution in [3.05, 3.63) is 102 Å². The predicted octanol–water partition coefficient (Wildman–Crippen LogP) is 4.66. The van der Waals surface area contributed by atoms with Crippen molar-refractivity contribution in [2.45, 2.75) is 32.5 Å². The molecule has 1 heterocycles. The van der Waals surface area contributed by atoms with Crippen LogP contribution in [0.15, 0.2) is 84.9 Å². The van der Waals surface area contributed by atoms with Gasteiger partial charge in [-0.25, -0.2) is 0 Å². The topological polar surface area (TPSA) is 136 Å². The zero-order chi connectivity index (χ0) is 31.8. The first-order valence-electron chi connectivity index (χ1n) is 13.8. The van der Waals surface area contributed by atoms with Crippen molar-refractivity contribution in [1.82, 2.24) is 0 Å². The molecule has 1 aliphatic rings. The standard InChI is InChI=1S/C33H30F2N4O5/c1-19(40)20-11-13-22(14-12-20)29(41)39-18-25(33(2,37)31(36)43)30(42)38(26-9-5-6-10-27(26)39)17-24-23-8-4-3-7-21(23)15-16-28(24)44-32(34)35/h3-16,25,32H,17-18,37H2,1-2H3,(H2,36,43)/t25-,33?/m1/s1. The fourth-order valence-electron chi connectivity index (χ4n) is 5.41. The number of carbonyl (C=O) groups excluding carboxylic acids is 4. The summed E-state index contributed by atoms with van der Waals surface area (Å²) in [6.07, 6.45) is 0. The summed E-state index contributed by atoms with van der Waals surface area (Å²) < 4.78 is 31.9.